The summed E-state index contributed by atoms with van der Waals surface area (Å²) >= 11 is 0. The van der Waals surface area contributed by atoms with Crippen LogP contribution in [-0.4, -0.2) is 31.8 Å². The highest BCUT2D eigenvalue weighted by Gasteiger charge is 2.30. The first-order valence-electron chi connectivity index (χ1n) is 7.84. The third kappa shape index (κ3) is 5.38. The minimum atomic E-state index is -4.48. The third-order valence-electron chi connectivity index (χ3n) is 3.70. The lowest BCUT2D eigenvalue weighted by molar-refractivity contribution is -0.137. The van der Waals surface area contributed by atoms with Crippen molar-refractivity contribution in [3.05, 3.63) is 59.7 Å². The van der Waals surface area contributed by atoms with Crippen LogP contribution >= 0.6 is 0 Å². The van der Waals surface area contributed by atoms with Crippen LogP contribution in [0.1, 0.15) is 17.2 Å². The minimum absolute atomic E-state index is 0.0159. The van der Waals surface area contributed by atoms with E-state index in [0.717, 1.165) is 17.8 Å². The number of nitrogens with zero attached hydrogens (tertiary/aromatic N) is 1. The zero-order valence-electron chi connectivity index (χ0n) is 14.3. The van der Waals surface area contributed by atoms with Crippen molar-refractivity contribution in [2.24, 2.45) is 0 Å². The fraction of sp³-hybridized carbons (Fsp3) is 0.278. The Labute approximate surface area is 149 Å². The topological polar surface area (TPSA) is 64.6 Å². The molecule has 0 radical (unpaired) electrons. The molecule has 0 aromatic heterocycles. The van der Waals surface area contributed by atoms with E-state index in [1.807, 2.05) is 31.1 Å². The van der Waals surface area contributed by atoms with Gasteiger partial charge in [0.2, 0.25) is 0 Å². The number of amides is 2. The summed E-state index contributed by atoms with van der Waals surface area (Å²) in [4.78, 5) is 13.7. The number of carbonyl (C=O) groups is 1. The Bertz CT molecular complexity index is 746. The molecule has 0 heterocycles. The average molecular weight is 367 g/mol. The predicted octanol–water partition coefficient (Wildman–Crippen LogP) is 3.63. The van der Waals surface area contributed by atoms with Crippen LogP contribution in [0.5, 0.6) is 0 Å². The highest BCUT2D eigenvalue weighted by Crippen LogP contribution is 2.30. The van der Waals surface area contributed by atoms with Crippen LogP contribution < -0.4 is 15.5 Å². The maximum absolute atomic E-state index is 12.7. The van der Waals surface area contributed by atoms with E-state index in [1.165, 1.54) is 12.1 Å². The molecule has 2 rings (SSSR count). The number of nitrogens with one attached hydrogen (secondary N) is 2. The zero-order valence-corrected chi connectivity index (χ0v) is 14.3. The summed E-state index contributed by atoms with van der Waals surface area (Å²) in [6, 6.07) is 10.8. The molecule has 8 heteroatoms. The van der Waals surface area contributed by atoms with Gasteiger partial charge in [-0.3, -0.25) is 0 Å². The molecule has 0 aliphatic rings. The maximum Gasteiger partial charge on any atom is 0.416 e. The molecule has 2 aromatic rings. The summed E-state index contributed by atoms with van der Waals surface area (Å²) < 4.78 is 38.0. The summed E-state index contributed by atoms with van der Waals surface area (Å²) in [5, 5.41) is 14.9. The molecule has 0 spiro atoms. The van der Waals surface area contributed by atoms with Crippen LogP contribution in [0, 0.1) is 0 Å². The Morgan fingerprint density at radius 1 is 1.15 bits per heavy atom. The molecule has 0 saturated heterocycles. The van der Waals surface area contributed by atoms with Gasteiger partial charge >= 0.3 is 12.2 Å². The van der Waals surface area contributed by atoms with Crippen LogP contribution in [0.25, 0.3) is 0 Å². The number of urea groups is 1. The second kappa shape index (κ2) is 8.09. The molecule has 26 heavy (non-hydrogen) atoms. The van der Waals surface area contributed by atoms with Crippen molar-refractivity contribution >= 4 is 17.4 Å². The molecule has 0 bridgehead atoms. The molecule has 0 saturated carbocycles. The Hall–Kier alpha value is -2.74. The SMILES string of the molecule is CN(C)c1ccc(C(O)CNC(=O)Nc2cccc(C(F)(F)F)c2)cc1. The number of aliphatic hydroxyl groups is 1. The summed E-state index contributed by atoms with van der Waals surface area (Å²) in [5.41, 5.74) is 0.754. The highest BCUT2D eigenvalue weighted by molar-refractivity contribution is 5.89. The van der Waals surface area contributed by atoms with Crippen LogP contribution in [0.15, 0.2) is 48.5 Å². The lowest BCUT2D eigenvalue weighted by Crippen LogP contribution is -2.32. The van der Waals surface area contributed by atoms with E-state index in [9.17, 15) is 23.1 Å². The van der Waals surface area contributed by atoms with Crippen molar-refractivity contribution < 1.29 is 23.1 Å². The molecule has 1 unspecified atom stereocenters. The quantitative estimate of drug-likeness (QED) is 0.756. The number of hydrogen-bond acceptors (Lipinski definition) is 3. The molecular formula is C18H20F3N3O2. The van der Waals surface area contributed by atoms with Crippen molar-refractivity contribution in [1.29, 1.82) is 0 Å². The van der Waals surface area contributed by atoms with Gasteiger partial charge in [0.05, 0.1) is 11.7 Å². The van der Waals surface area contributed by atoms with Crippen molar-refractivity contribution in [1.82, 2.24) is 5.32 Å². The fourth-order valence-corrected chi connectivity index (χ4v) is 2.25. The molecule has 5 nitrogen and oxygen atoms in total. The highest BCUT2D eigenvalue weighted by atomic mass is 19.4. The van der Waals surface area contributed by atoms with E-state index >= 15 is 0 Å². The Morgan fingerprint density at radius 3 is 2.38 bits per heavy atom. The van der Waals surface area contributed by atoms with Crippen LogP contribution in [0.2, 0.25) is 0 Å². The van der Waals surface area contributed by atoms with Gasteiger partial charge in [0.15, 0.2) is 0 Å². The standard InChI is InChI=1S/C18H20F3N3O2/c1-24(2)15-8-6-12(7-9-15)16(25)11-22-17(26)23-14-5-3-4-13(10-14)18(19,20)21/h3-10,16,25H,11H2,1-2H3,(H2,22,23,26). The number of carbonyl (C=O) groups excluding carboxylic acids is 1. The number of alkyl halides is 3. The molecule has 2 aromatic carbocycles. The largest absolute Gasteiger partial charge is 0.416 e. The van der Waals surface area contributed by atoms with Crippen molar-refractivity contribution in [3.63, 3.8) is 0 Å². The van der Waals surface area contributed by atoms with Crippen molar-refractivity contribution in [2.75, 3.05) is 30.9 Å². The van der Waals surface area contributed by atoms with E-state index in [1.54, 1.807) is 12.1 Å². The number of rotatable bonds is 5. The molecular weight excluding hydrogens is 347 g/mol. The third-order valence-corrected chi connectivity index (χ3v) is 3.70. The second-order valence-corrected chi connectivity index (χ2v) is 5.92. The summed E-state index contributed by atoms with van der Waals surface area (Å²) in [6.07, 6.45) is -5.42. The summed E-state index contributed by atoms with van der Waals surface area (Å²) in [6.45, 7) is -0.0773. The van der Waals surface area contributed by atoms with Gasteiger partial charge in [0, 0.05) is 32.0 Å². The molecule has 1 atom stereocenters. The number of hydrogen-bond donors (Lipinski definition) is 3. The molecule has 0 aliphatic heterocycles. The summed E-state index contributed by atoms with van der Waals surface area (Å²) in [7, 11) is 3.79. The Morgan fingerprint density at radius 2 is 1.81 bits per heavy atom. The van der Waals surface area contributed by atoms with Gasteiger partial charge in [-0.05, 0) is 35.9 Å². The van der Waals surface area contributed by atoms with Gasteiger partial charge in [0.1, 0.15) is 0 Å². The van der Waals surface area contributed by atoms with Crippen LogP contribution in [-0.2, 0) is 6.18 Å². The minimum Gasteiger partial charge on any atom is -0.387 e. The Kier molecular flexibility index (Phi) is 6.10. The Balaban J connectivity index is 1.90. The molecule has 3 N–H and O–H groups in total. The van der Waals surface area contributed by atoms with Gasteiger partial charge < -0.3 is 20.6 Å². The van der Waals surface area contributed by atoms with Crippen molar-refractivity contribution in [2.45, 2.75) is 12.3 Å². The number of anilines is 2. The van der Waals surface area contributed by atoms with E-state index in [2.05, 4.69) is 10.6 Å². The smallest absolute Gasteiger partial charge is 0.387 e. The molecule has 140 valence electrons. The fourth-order valence-electron chi connectivity index (χ4n) is 2.25. The van der Waals surface area contributed by atoms with Crippen LogP contribution in [0.3, 0.4) is 0 Å². The lowest BCUT2D eigenvalue weighted by Gasteiger charge is -2.16. The van der Waals surface area contributed by atoms with E-state index in [4.69, 9.17) is 0 Å². The number of halogens is 3. The first-order valence-corrected chi connectivity index (χ1v) is 7.84. The zero-order chi connectivity index (χ0) is 19.3. The van der Waals surface area contributed by atoms with Gasteiger partial charge in [-0.25, -0.2) is 4.79 Å². The number of aliphatic hydroxyl groups excluding tert-OH is 1. The van der Waals surface area contributed by atoms with Crippen molar-refractivity contribution in [3.8, 4) is 0 Å². The molecule has 0 aliphatic carbocycles. The molecule has 0 fully saturated rings. The lowest BCUT2D eigenvalue weighted by atomic mass is 10.1. The second-order valence-electron chi connectivity index (χ2n) is 5.92. The van der Waals surface area contributed by atoms with E-state index in [-0.39, 0.29) is 12.2 Å². The van der Waals surface area contributed by atoms with Gasteiger partial charge in [-0.1, -0.05) is 18.2 Å². The maximum atomic E-state index is 12.7. The average Bonchev–Trinajstić information content (AvgIpc) is 2.59. The first kappa shape index (κ1) is 19.6. The van der Waals surface area contributed by atoms with Gasteiger partial charge in [-0.15, -0.1) is 0 Å². The van der Waals surface area contributed by atoms with E-state index < -0.39 is 23.9 Å². The summed E-state index contributed by atoms with van der Waals surface area (Å²) in [5.74, 6) is 0. The first-order chi connectivity index (χ1) is 12.2. The van der Waals surface area contributed by atoms with Gasteiger partial charge in [-0.2, -0.15) is 13.2 Å². The van der Waals surface area contributed by atoms with Crippen LogP contribution in [0.4, 0.5) is 29.3 Å². The number of benzene rings is 2. The monoisotopic (exact) mass is 367 g/mol. The normalized spacial score (nSPS) is 12.4. The predicted molar refractivity (Wildman–Crippen MR) is 94.2 cm³/mol. The van der Waals surface area contributed by atoms with Gasteiger partial charge in [0.25, 0.3) is 0 Å². The molecule has 2 amide bonds. The van der Waals surface area contributed by atoms with E-state index in [0.29, 0.717) is 5.56 Å².